The molecule has 10 heteroatoms. The lowest BCUT2D eigenvalue weighted by Crippen LogP contribution is -2.31. The summed E-state index contributed by atoms with van der Waals surface area (Å²) in [5, 5.41) is 0.750. The second kappa shape index (κ2) is 9.57. The predicted molar refractivity (Wildman–Crippen MR) is 113 cm³/mol. The molecular weight excluding hydrogens is 453 g/mol. The van der Waals surface area contributed by atoms with Gasteiger partial charge in [-0.25, -0.2) is 9.79 Å². The Morgan fingerprint density at radius 3 is 2.58 bits per heavy atom. The van der Waals surface area contributed by atoms with Crippen molar-refractivity contribution in [1.29, 1.82) is 0 Å². The van der Waals surface area contributed by atoms with Crippen molar-refractivity contribution < 1.29 is 27.5 Å². The largest absolute Gasteiger partial charge is 0.466 e. The average Bonchev–Trinajstić information content (AvgIpc) is 3.01. The first-order chi connectivity index (χ1) is 14.7. The molecule has 0 bridgehead atoms. The maximum atomic E-state index is 13.0. The van der Waals surface area contributed by atoms with Crippen molar-refractivity contribution in [2.75, 3.05) is 13.7 Å². The van der Waals surface area contributed by atoms with Crippen LogP contribution in [0.2, 0.25) is 5.02 Å². The fourth-order valence-corrected chi connectivity index (χ4v) is 3.82. The summed E-state index contributed by atoms with van der Waals surface area (Å²) in [6.45, 7) is 0.212. The van der Waals surface area contributed by atoms with Crippen molar-refractivity contribution in [2.45, 2.75) is 12.6 Å². The molecule has 1 heterocycles. The summed E-state index contributed by atoms with van der Waals surface area (Å²) in [6, 6.07) is 11.6. The van der Waals surface area contributed by atoms with E-state index in [9.17, 15) is 22.8 Å². The number of hydrogen-bond donors (Lipinski definition) is 0. The third-order valence-electron chi connectivity index (χ3n) is 4.27. The Morgan fingerprint density at radius 2 is 1.94 bits per heavy atom. The molecule has 1 saturated heterocycles. The minimum Gasteiger partial charge on any atom is -0.466 e. The molecule has 5 nitrogen and oxygen atoms in total. The highest BCUT2D eigenvalue weighted by Crippen LogP contribution is 2.35. The summed E-state index contributed by atoms with van der Waals surface area (Å²) >= 11 is 6.78. The van der Waals surface area contributed by atoms with Crippen LogP contribution in [-0.4, -0.2) is 35.6 Å². The van der Waals surface area contributed by atoms with Crippen LogP contribution in [0.25, 0.3) is 0 Å². The van der Waals surface area contributed by atoms with Gasteiger partial charge in [0.1, 0.15) is 0 Å². The Balaban J connectivity index is 1.91. The standard InChI is InChI=1S/C21H16ClF3N2O3S/c1-30-18(28)12-17-19(29)27(10-9-13-5-7-15(22)8-6-13)20(31-17)26-16-4-2-3-14(11-16)21(23,24)25/h2-8,11-12H,9-10H2,1H3. The van der Waals surface area contributed by atoms with Gasteiger partial charge in [-0.05, 0) is 54.1 Å². The molecule has 1 amide bonds. The van der Waals surface area contributed by atoms with Crippen LogP contribution < -0.4 is 0 Å². The fourth-order valence-electron chi connectivity index (χ4n) is 2.71. The molecule has 0 aliphatic carbocycles. The van der Waals surface area contributed by atoms with E-state index in [0.29, 0.717) is 11.4 Å². The van der Waals surface area contributed by atoms with Crippen molar-refractivity contribution in [3.63, 3.8) is 0 Å². The first-order valence-electron chi connectivity index (χ1n) is 8.97. The third kappa shape index (κ3) is 5.89. The number of ether oxygens (including phenoxy) is 1. The quantitative estimate of drug-likeness (QED) is 0.446. The van der Waals surface area contributed by atoms with Gasteiger partial charge in [-0.1, -0.05) is 29.8 Å². The number of amides is 1. The lowest BCUT2D eigenvalue weighted by atomic mass is 10.1. The summed E-state index contributed by atoms with van der Waals surface area (Å²) in [6.07, 6.45) is -3.02. The molecule has 1 aliphatic rings. The second-order valence-corrected chi connectivity index (χ2v) is 7.86. The first kappa shape index (κ1) is 22.9. The Labute approximate surface area is 185 Å². The van der Waals surface area contributed by atoms with E-state index in [1.165, 1.54) is 24.1 Å². The molecule has 2 aromatic carbocycles. The zero-order valence-corrected chi connectivity index (χ0v) is 17.7. The van der Waals surface area contributed by atoms with Gasteiger partial charge in [0.05, 0.1) is 23.3 Å². The highest BCUT2D eigenvalue weighted by atomic mass is 35.5. The second-order valence-electron chi connectivity index (χ2n) is 6.41. The number of alkyl halides is 3. The number of methoxy groups -OCH3 is 1. The Morgan fingerprint density at radius 1 is 1.23 bits per heavy atom. The summed E-state index contributed by atoms with van der Waals surface area (Å²) in [4.78, 5) is 30.0. The van der Waals surface area contributed by atoms with Gasteiger partial charge in [-0.15, -0.1) is 0 Å². The van der Waals surface area contributed by atoms with Crippen LogP contribution >= 0.6 is 23.4 Å². The summed E-state index contributed by atoms with van der Waals surface area (Å²) in [7, 11) is 1.18. The van der Waals surface area contributed by atoms with Gasteiger partial charge in [-0.2, -0.15) is 13.2 Å². The normalized spacial score (nSPS) is 16.9. The van der Waals surface area contributed by atoms with Crippen LogP contribution in [0.1, 0.15) is 11.1 Å². The molecule has 162 valence electrons. The Hall–Kier alpha value is -2.78. The number of benzene rings is 2. The number of carbonyl (C=O) groups is 2. The van der Waals surface area contributed by atoms with Crippen molar-refractivity contribution in [1.82, 2.24) is 4.90 Å². The molecule has 0 aromatic heterocycles. The number of hydrogen-bond acceptors (Lipinski definition) is 5. The summed E-state index contributed by atoms with van der Waals surface area (Å²) in [5.74, 6) is -1.19. The van der Waals surface area contributed by atoms with Crippen LogP contribution in [0.3, 0.4) is 0 Å². The van der Waals surface area contributed by atoms with E-state index in [0.717, 1.165) is 35.5 Å². The van der Waals surface area contributed by atoms with E-state index in [1.807, 2.05) is 12.1 Å². The van der Waals surface area contributed by atoms with Crippen molar-refractivity contribution in [3.05, 3.63) is 75.7 Å². The zero-order valence-electron chi connectivity index (χ0n) is 16.1. The Bertz CT molecular complexity index is 1050. The third-order valence-corrected chi connectivity index (χ3v) is 5.53. The number of thioether (sulfide) groups is 1. The van der Waals surface area contributed by atoms with Crippen LogP contribution in [0.5, 0.6) is 0 Å². The van der Waals surface area contributed by atoms with Crippen LogP contribution in [0.4, 0.5) is 18.9 Å². The number of esters is 1. The van der Waals surface area contributed by atoms with Crippen molar-refractivity contribution in [2.24, 2.45) is 4.99 Å². The smallest absolute Gasteiger partial charge is 0.416 e. The molecule has 2 aromatic rings. The van der Waals surface area contributed by atoms with E-state index in [1.54, 1.807) is 12.1 Å². The minimum absolute atomic E-state index is 0.0425. The minimum atomic E-state index is -4.51. The number of halogens is 4. The van der Waals surface area contributed by atoms with Gasteiger partial charge in [0.2, 0.25) is 0 Å². The van der Waals surface area contributed by atoms with E-state index < -0.39 is 23.6 Å². The van der Waals surface area contributed by atoms with Gasteiger partial charge < -0.3 is 4.74 Å². The van der Waals surface area contributed by atoms with Crippen LogP contribution in [-0.2, 0) is 26.9 Å². The molecule has 0 unspecified atom stereocenters. The van der Waals surface area contributed by atoms with Gasteiger partial charge in [-0.3, -0.25) is 9.69 Å². The summed E-state index contributed by atoms with van der Waals surface area (Å²) < 4.78 is 43.6. The number of amidine groups is 1. The predicted octanol–water partition coefficient (Wildman–Crippen LogP) is 5.22. The molecule has 1 fully saturated rings. The van der Waals surface area contributed by atoms with Gasteiger partial charge in [0.25, 0.3) is 5.91 Å². The maximum Gasteiger partial charge on any atom is 0.416 e. The highest BCUT2D eigenvalue weighted by molar-refractivity contribution is 8.18. The monoisotopic (exact) mass is 468 g/mol. The Kier molecular flexibility index (Phi) is 7.07. The molecule has 0 saturated carbocycles. The lowest BCUT2D eigenvalue weighted by Gasteiger charge is -2.16. The van der Waals surface area contributed by atoms with E-state index in [4.69, 9.17) is 11.6 Å². The molecule has 0 spiro atoms. The van der Waals surface area contributed by atoms with Crippen molar-refractivity contribution >= 4 is 46.1 Å². The first-order valence-corrected chi connectivity index (χ1v) is 10.2. The molecule has 0 atom stereocenters. The van der Waals surface area contributed by atoms with E-state index >= 15 is 0 Å². The molecule has 0 radical (unpaired) electrons. The van der Waals surface area contributed by atoms with Crippen LogP contribution in [0.15, 0.2) is 64.5 Å². The fraction of sp³-hybridized carbons (Fsp3) is 0.190. The van der Waals surface area contributed by atoms with Gasteiger partial charge >= 0.3 is 12.1 Å². The van der Waals surface area contributed by atoms with Crippen molar-refractivity contribution in [3.8, 4) is 0 Å². The maximum absolute atomic E-state index is 13.0. The molecular formula is C21H16ClF3N2O3S. The van der Waals surface area contributed by atoms with E-state index in [2.05, 4.69) is 9.73 Å². The van der Waals surface area contributed by atoms with Gasteiger partial charge in [0.15, 0.2) is 5.17 Å². The average molecular weight is 469 g/mol. The molecule has 0 N–H and O–H groups in total. The SMILES string of the molecule is COC(=O)C=C1SC(=Nc2cccc(C(F)(F)F)c2)N(CCc2ccc(Cl)cc2)C1=O. The number of nitrogens with zero attached hydrogens (tertiary/aromatic N) is 2. The lowest BCUT2D eigenvalue weighted by molar-refractivity contribution is -0.137. The number of carbonyl (C=O) groups excluding carboxylic acids is 2. The van der Waals surface area contributed by atoms with E-state index in [-0.39, 0.29) is 22.3 Å². The number of aliphatic imine (C=N–C) groups is 1. The zero-order chi connectivity index (χ0) is 22.6. The highest BCUT2D eigenvalue weighted by Gasteiger charge is 2.34. The van der Waals surface area contributed by atoms with Crippen LogP contribution in [0, 0.1) is 0 Å². The summed E-state index contributed by atoms with van der Waals surface area (Å²) in [5.41, 5.74) is 0.105. The molecule has 3 rings (SSSR count). The number of rotatable bonds is 5. The topological polar surface area (TPSA) is 59.0 Å². The van der Waals surface area contributed by atoms with Gasteiger partial charge in [0, 0.05) is 17.6 Å². The molecule has 31 heavy (non-hydrogen) atoms. The molecule has 1 aliphatic heterocycles.